The van der Waals surface area contributed by atoms with Gasteiger partial charge in [0.1, 0.15) is 5.60 Å². The zero-order chi connectivity index (χ0) is 24.5. The molecule has 0 amide bonds. The Labute approximate surface area is 199 Å². The van der Waals surface area contributed by atoms with Gasteiger partial charge in [0.2, 0.25) is 0 Å². The van der Waals surface area contributed by atoms with Crippen molar-refractivity contribution in [1.82, 2.24) is 0 Å². The Morgan fingerprint density at radius 3 is 2.68 bits per heavy atom. The second-order valence-electron chi connectivity index (χ2n) is 10.8. The third kappa shape index (κ3) is 2.99. The maximum Gasteiger partial charge on any atom is 0.336 e. The van der Waals surface area contributed by atoms with Crippen LogP contribution in [0.4, 0.5) is 8.78 Å². The number of fused-ring (bicyclic) bond motifs is 4. The van der Waals surface area contributed by atoms with E-state index in [1.807, 2.05) is 19.1 Å². The van der Waals surface area contributed by atoms with Crippen molar-refractivity contribution in [3.63, 3.8) is 0 Å². The lowest BCUT2D eigenvalue weighted by Gasteiger charge is -2.55. The number of alkyl halides is 2. The summed E-state index contributed by atoms with van der Waals surface area (Å²) in [7, 11) is 0. The van der Waals surface area contributed by atoms with Crippen molar-refractivity contribution < 1.29 is 18.7 Å². The molecule has 4 aliphatic rings. The number of halogens is 2. The van der Waals surface area contributed by atoms with E-state index in [0.717, 1.165) is 29.5 Å². The van der Waals surface area contributed by atoms with Crippen LogP contribution >= 0.6 is 0 Å². The summed E-state index contributed by atoms with van der Waals surface area (Å²) in [5.74, 6) is -2.09. The number of carbonyl (C=O) groups is 1. The summed E-state index contributed by atoms with van der Waals surface area (Å²) in [6.07, 6.45) is 10.5. The average molecular weight is 462 g/mol. The number of hydrogen-bond acceptors (Lipinski definition) is 3. The molecule has 5 heteroatoms. The maximum absolute atomic E-state index is 15.1. The zero-order valence-electron chi connectivity index (χ0n) is 19.6. The molecule has 0 spiro atoms. The Kier molecular flexibility index (Phi) is 5.16. The number of ketones is 1. The number of carbonyl (C=O) groups excluding carboxylic acids is 1. The van der Waals surface area contributed by atoms with E-state index < -0.39 is 16.9 Å². The summed E-state index contributed by atoms with van der Waals surface area (Å²) in [5, 5.41) is 20.9. The topological polar surface area (TPSA) is 61.1 Å². The van der Waals surface area contributed by atoms with Gasteiger partial charge in [-0.3, -0.25) is 4.79 Å². The fourth-order valence-electron chi connectivity index (χ4n) is 7.72. The Hall–Kier alpha value is -2.76. The van der Waals surface area contributed by atoms with Crippen molar-refractivity contribution in [2.24, 2.45) is 17.3 Å². The van der Waals surface area contributed by atoms with E-state index in [1.165, 1.54) is 11.1 Å². The summed E-state index contributed by atoms with van der Waals surface area (Å²) in [6, 6.07) is 7.72. The molecule has 176 valence electrons. The van der Waals surface area contributed by atoms with Gasteiger partial charge in [0.15, 0.2) is 5.78 Å². The van der Waals surface area contributed by atoms with Gasteiger partial charge < -0.3 is 5.11 Å². The minimum absolute atomic E-state index is 0.0231. The molecule has 2 fully saturated rings. The van der Waals surface area contributed by atoms with Crippen LogP contribution in [0.15, 0.2) is 41.0 Å². The molecule has 34 heavy (non-hydrogen) atoms. The van der Waals surface area contributed by atoms with Crippen LogP contribution in [0, 0.1) is 47.8 Å². The fraction of sp³-hybridized carbons (Fsp3) is 0.517. The van der Waals surface area contributed by atoms with Crippen LogP contribution in [0.5, 0.6) is 0 Å². The van der Waals surface area contributed by atoms with Crippen LogP contribution in [0.2, 0.25) is 0 Å². The second-order valence-corrected chi connectivity index (χ2v) is 10.8. The first-order chi connectivity index (χ1) is 16.1. The maximum atomic E-state index is 15.1. The smallest absolute Gasteiger partial charge is 0.336 e. The quantitative estimate of drug-likeness (QED) is 0.569. The number of nitrogens with zero attached hydrogens (tertiary/aromatic N) is 1. The van der Waals surface area contributed by atoms with Gasteiger partial charge in [-0.1, -0.05) is 18.6 Å². The normalized spacial score (nSPS) is 35.0. The fourth-order valence-corrected chi connectivity index (χ4v) is 7.72. The van der Waals surface area contributed by atoms with E-state index in [0.29, 0.717) is 31.2 Å². The van der Waals surface area contributed by atoms with Gasteiger partial charge in [0.05, 0.1) is 11.6 Å². The van der Waals surface area contributed by atoms with Gasteiger partial charge in [0, 0.05) is 17.8 Å². The average Bonchev–Trinajstić information content (AvgIpc) is 3.10. The van der Waals surface area contributed by atoms with Gasteiger partial charge in [-0.25, -0.2) is 0 Å². The summed E-state index contributed by atoms with van der Waals surface area (Å²) >= 11 is 0. The van der Waals surface area contributed by atoms with E-state index in [4.69, 9.17) is 6.42 Å². The number of aliphatic hydroxyl groups is 1. The molecule has 2 saturated carbocycles. The minimum atomic E-state index is -3.62. The highest BCUT2D eigenvalue weighted by atomic mass is 19.3. The number of aryl methyl sites for hydroxylation is 1. The highest BCUT2D eigenvalue weighted by molar-refractivity contribution is 5.93. The monoisotopic (exact) mass is 461 g/mol. The van der Waals surface area contributed by atoms with Crippen molar-refractivity contribution in [2.75, 3.05) is 0 Å². The largest absolute Gasteiger partial charge is 0.382 e. The molecular weight excluding hydrogens is 432 g/mol. The van der Waals surface area contributed by atoms with Crippen molar-refractivity contribution in [2.45, 2.75) is 76.2 Å². The third-order valence-corrected chi connectivity index (χ3v) is 9.36. The van der Waals surface area contributed by atoms with Crippen LogP contribution in [-0.4, -0.2) is 22.4 Å². The summed E-state index contributed by atoms with van der Waals surface area (Å²) in [6.45, 7) is 3.75. The van der Waals surface area contributed by atoms with E-state index in [-0.39, 0.29) is 30.0 Å². The van der Waals surface area contributed by atoms with E-state index in [9.17, 15) is 15.2 Å². The lowest BCUT2D eigenvalue weighted by atomic mass is 9.50. The lowest BCUT2D eigenvalue weighted by molar-refractivity contribution is -0.209. The molecule has 0 heterocycles. The predicted molar refractivity (Wildman–Crippen MR) is 125 cm³/mol. The van der Waals surface area contributed by atoms with Crippen molar-refractivity contribution in [3.8, 4) is 18.4 Å². The molecule has 0 aromatic heterocycles. The summed E-state index contributed by atoms with van der Waals surface area (Å²) in [5.41, 5.74) is 2.72. The number of rotatable bonds is 2. The van der Waals surface area contributed by atoms with Crippen molar-refractivity contribution >= 4 is 5.78 Å². The highest BCUT2D eigenvalue weighted by Gasteiger charge is 2.71. The molecule has 3 nitrogen and oxygen atoms in total. The van der Waals surface area contributed by atoms with Gasteiger partial charge >= 0.3 is 5.92 Å². The van der Waals surface area contributed by atoms with Crippen LogP contribution < -0.4 is 0 Å². The molecule has 4 aliphatic carbocycles. The van der Waals surface area contributed by atoms with E-state index in [1.54, 1.807) is 25.0 Å². The minimum Gasteiger partial charge on any atom is -0.382 e. The van der Waals surface area contributed by atoms with Crippen LogP contribution in [0.3, 0.4) is 0 Å². The molecule has 0 aliphatic heterocycles. The predicted octanol–water partition coefficient (Wildman–Crippen LogP) is 5.77. The van der Waals surface area contributed by atoms with Crippen molar-refractivity contribution in [1.29, 1.82) is 5.26 Å². The van der Waals surface area contributed by atoms with Crippen LogP contribution in [-0.2, 0) is 4.79 Å². The molecule has 1 aromatic rings. The second kappa shape index (κ2) is 7.62. The molecular formula is C29H29F2NO2. The molecule has 1 aromatic carbocycles. The zero-order valence-corrected chi connectivity index (χ0v) is 19.6. The van der Waals surface area contributed by atoms with E-state index in [2.05, 4.69) is 6.07 Å². The standard InChI is InChI=1S/C29H29F2NO2/c1-4-29(30,31)28(34)12-11-25-23-9-6-19-14-20(33)7-10-22(19)26(23)24(15-27(25,28)3)21-8-5-18(16-32)13-17(21)2/h1,5,8,13-14,23-25,34H,6-7,9-12,15H2,2-3H3/t23?,24-,25?,27+,28+/m1/s1. The molecule has 0 bridgehead atoms. The lowest BCUT2D eigenvalue weighted by Crippen LogP contribution is -2.60. The summed E-state index contributed by atoms with van der Waals surface area (Å²) in [4.78, 5) is 12.2. The first-order valence-corrected chi connectivity index (χ1v) is 12.1. The van der Waals surface area contributed by atoms with Gasteiger partial charge in [-0.2, -0.15) is 14.0 Å². The molecule has 0 saturated heterocycles. The molecule has 1 N–H and O–H groups in total. The Balaban J connectivity index is 1.73. The van der Waals surface area contributed by atoms with Crippen LogP contribution in [0.25, 0.3) is 0 Å². The van der Waals surface area contributed by atoms with Gasteiger partial charge in [-0.05, 0) is 104 Å². The number of terminal acetylenes is 1. The highest BCUT2D eigenvalue weighted by Crippen LogP contribution is 2.69. The first-order valence-electron chi connectivity index (χ1n) is 12.1. The molecule has 2 unspecified atom stereocenters. The number of benzene rings is 1. The van der Waals surface area contributed by atoms with E-state index >= 15 is 8.78 Å². The third-order valence-electron chi connectivity index (χ3n) is 9.36. The summed E-state index contributed by atoms with van der Waals surface area (Å²) < 4.78 is 30.2. The Bertz CT molecular complexity index is 1230. The Morgan fingerprint density at radius 2 is 2.00 bits per heavy atom. The van der Waals surface area contributed by atoms with Gasteiger partial charge in [0.25, 0.3) is 0 Å². The van der Waals surface area contributed by atoms with Crippen molar-refractivity contribution in [3.05, 3.63) is 57.7 Å². The number of allylic oxidation sites excluding steroid dienone is 4. The number of hydrogen-bond donors (Lipinski definition) is 1. The molecule has 5 rings (SSSR count). The molecule has 5 atom stereocenters. The van der Waals surface area contributed by atoms with Crippen LogP contribution in [0.1, 0.15) is 74.5 Å². The molecule has 0 radical (unpaired) electrons. The Morgan fingerprint density at radius 1 is 1.24 bits per heavy atom. The number of nitriles is 1. The van der Waals surface area contributed by atoms with Gasteiger partial charge in [-0.15, -0.1) is 6.42 Å². The SMILES string of the molecule is C#CC(F)(F)[C@]1(O)CCC2C3CCC4=CC(=O)CCC4=C3[C@@H](c3ccc(C#N)cc3C)C[C@@]21C. The first kappa shape index (κ1) is 23.0.